The first-order valence-corrected chi connectivity index (χ1v) is 5.05. The molecule has 0 amide bonds. The Morgan fingerprint density at radius 3 is 2.08 bits per heavy atom. The summed E-state index contributed by atoms with van der Waals surface area (Å²) in [6, 6.07) is 0. The van der Waals surface area contributed by atoms with Gasteiger partial charge in [0, 0.05) is 12.4 Å². The third-order valence-corrected chi connectivity index (χ3v) is 1.69. The first-order valence-electron chi connectivity index (χ1n) is 5.05. The normalized spacial score (nSPS) is 9.38. The molecule has 0 N–H and O–H groups in total. The van der Waals surface area contributed by atoms with E-state index in [0.717, 1.165) is 17.8 Å². The molecule has 13 heavy (non-hydrogen) atoms. The third kappa shape index (κ3) is 3.53. The van der Waals surface area contributed by atoms with Crippen molar-refractivity contribution in [2.45, 2.75) is 47.0 Å². The lowest BCUT2D eigenvalue weighted by Crippen LogP contribution is -2.00. The molecule has 0 aliphatic rings. The van der Waals surface area contributed by atoms with Gasteiger partial charge >= 0.3 is 0 Å². The highest BCUT2D eigenvalue weighted by Crippen LogP contribution is 2.13. The van der Waals surface area contributed by atoms with Crippen LogP contribution in [0.1, 0.15) is 51.9 Å². The van der Waals surface area contributed by atoms with Gasteiger partial charge in [-0.05, 0) is 12.3 Å². The minimum atomic E-state index is 0.485. The number of nitrogens with zero attached hydrogens (tertiary/aromatic N) is 2. The largest absolute Gasteiger partial charge is 0.258 e. The molecule has 0 spiro atoms. The third-order valence-electron chi connectivity index (χ3n) is 1.69. The second-order valence-electron chi connectivity index (χ2n) is 2.90. The minimum Gasteiger partial charge on any atom is -0.258 e. The zero-order chi connectivity index (χ0) is 10.3. The van der Waals surface area contributed by atoms with E-state index in [0.29, 0.717) is 5.92 Å². The van der Waals surface area contributed by atoms with Gasteiger partial charge in [-0.1, -0.05) is 34.6 Å². The second kappa shape index (κ2) is 6.58. The van der Waals surface area contributed by atoms with Gasteiger partial charge < -0.3 is 0 Å². The number of aromatic nitrogens is 2. The summed E-state index contributed by atoms with van der Waals surface area (Å²) in [6.45, 7) is 10.4. The Balaban J connectivity index is 0.000000671. The molecular formula is C11H20N2. The highest BCUT2D eigenvalue weighted by Gasteiger charge is 2.05. The van der Waals surface area contributed by atoms with E-state index >= 15 is 0 Å². The molecule has 1 rings (SSSR count). The summed E-state index contributed by atoms with van der Waals surface area (Å²) in [6.07, 6.45) is 4.49. The number of hydrogen-bond acceptors (Lipinski definition) is 2. The van der Waals surface area contributed by atoms with E-state index in [1.165, 1.54) is 0 Å². The summed E-state index contributed by atoms with van der Waals surface area (Å²) in [4.78, 5) is 8.54. The topological polar surface area (TPSA) is 25.8 Å². The first-order chi connectivity index (χ1) is 6.25. The average Bonchev–Trinajstić information content (AvgIpc) is 2.20. The van der Waals surface area contributed by atoms with Crippen molar-refractivity contribution >= 4 is 0 Å². The summed E-state index contributed by atoms with van der Waals surface area (Å²) in [5.41, 5.74) is 2.26. The smallest absolute Gasteiger partial charge is 0.0643 e. The van der Waals surface area contributed by atoms with E-state index in [1.54, 1.807) is 12.4 Å². The summed E-state index contributed by atoms with van der Waals surface area (Å²) >= 11 is 0. The molecule has 0 unspecified atom stereocenters. The Hall–Kier alpha value is -0.920. The fourth-order valence-electron chi connectivity index (χ4n) is 1.13. The minimum absolute atomic E-state index is 0.485. The molecule has 1 aromatic rings. The average molecular weight is 180 g/mol. The lowest BCUT2D eigenvalue weighted by Gasteiger charge is -2.07. The van der Waals surface area contributed by atoms with Gasteiger partial charge in [0.15, 0.2) is 0 Å². The van der Waals surface area contributed by atoms with Crippen LogP contribution < -0.4 is 0 Å². The molecule has 2 nitrogen and oxygen atoms in total. The van der Waals surface area contributed by atoms with Crippen molar-refractivity contribution in [1.29, 1.82) is 0 Å². The molecule has 0 aliphatic heterocycles. The van der Waals surface area contributed by atoms with E-state index in [2.05, 4.69) is 30.7 Å². The fraction of sp³-hybridized carbons (Fsp3) is 0.636. The molecule has 0 aromatic carbocycles. The van der Waals surface area contributed by atoms with Gasteiger partial charge in [-0.25, -0.2) is 0 Å². The highest BCUT2D eigenvalue weighted by atomic mass is 14.8. The van der Waals surface area contributed by atoms with Crippen LogP contribution >= 0.6 is 0 Å². The maximum Gasteiger partial charge on any atom is 0.0643 e. The van der Waals surface area contributed by atoms with Gasteiger partial charge in [-0.2, -0.15) is 0 Å². The SMILES string of the molecule is CC.CCc1nccnc1C(C)C. The van der Waals surface area contributed by atoms with Crippen molar-refractivity contribution in [3.05, 3.63) is 23.8 Å². The molecule has 1 aromatic heterocycles. The van der Waals surface area contributed by atoms with E-state index < -0.39 is 0 Å². The van der Waals surface area contributed by atoms with Crippen molar-refractivity contribution in [3.8, 4) is 0 Å². The van der Waals surface area contributed by atoms with E-state index in [4.69, 9.17) is 0 Å². The Labute approximate surface area is 81.4 Å². The number of rotatable bonds is 2. The second-order valence-corrected chi connectivity index (χ2v) is 2.90. The molecule has 0 saturated carbocycles. The molecule has 0 radical (unpaired) electrons. The summed E-state index contributed by atoms with van der Waals surface area (Å²) < 4.78 is 0. The van der Waals surface area contributed by atoms with Crippen LogP contribution in [0.2, 0.25) is 0 Å². The van der Waals surface area contributed by atoms with Gasteiger partial charge in [0.1, 0.15) is 0 Å². The number of aryl methyl sites for hydroxylation is 1. The molecule has 0 fully saturated rings. The van der Waals surface area contributed by atoms with Crippen molar-refractivity contribution in [2.24, 2.45) is 0 Å². The Morgan fingerprint density at radius 2 is 1.69 bits per heavy atom. The number of hydrogen-bond donors (Lipinski definition) is 0. The predicted octanol–water partition coefficient (Wildman–Crippen LogP) is 3.19. The van der Waals surface area contributed by atoms with Crippen LogP contribution in [-0.4, -0.2) is 9.97 Å². The molecule has 1 heterocycles. The van der Waals surface area contributed by atoms with Gasteiger partial charge in [-0.15, -0.1) is 0 Å². The van der Waals surface area contributed by atoms with E-state index in [-0.39, 0.29) is 0 Å². The van der Waals surface area contributed by atoms with Crippen LogP contribution in [-0.2, 0) is 6.42 Å². The zero-order valence-corrected chi connectivity index (χ0v) is 9.33. The lowest BCUT2D eigenvalue weighted by atomic mass is 10.1. The van der Waals surface area contributed by atoms with Crippen molar-refractivity contribution < 1.29 is 0 Å². The Kier molecular flexibility index (Phi) is 6.11. The summed E-state index contributed by atoms with van der Waals surface area (Å²) in [5, 5.41) is 0. The monoisotopic (exact) mass is 180 g/mol. The van der Waals surface area contributed by atoms with Crippen LogP contribution in [0.3, 0.4) is 0 Å². The zero-order valence-electron chi connectivity index (χ0n) is 9.33. The van der Waals surface area contributed by atoms with Crippen LogP contribution in [0.5, 0.6) is 0 Å². The fourth-order valence-corrected chi connectivity index (χ4v) is 1.13. The van der Waals surface area contributed by atoms with Crippen molar-refractivity contribution in [1.82, 2.24) is 9.97 Å². The summed E-state index contributed by atoms with van der Waals surface area (Å²) in [5.74, 6) is 0.485. The molecule has 74 valence electrons. The van der Waals surface area contributed by atoms with Crippen LogP contribution in [0.4, 0.5) is 0 Å². The maximum absolute atomic E-state index is 4.29. The maximum atomic E-state index is 4.29. The van der Waals surface area contributed by atoms with Gasteiger partial charge in [0.05, 0.1) is 11.4 Å². The Morgan fingerprint density at radius 1 is 1.15 bits per heavy atom. The molecule has 0 atom stereocenters. The van der Waals surface area contributed by atoms with E-state index in [1.807, 2.05) is 13.8 Å². The molecule has 0 bridgehead atoms. The first kappa shape index (κ1) is 12.1. The van der Waals surface area contributed by atoms with Crippen LogP contribution in [0, 0.1) is 0 Å². The standard InChI is InChI=1S/C9H14N2.C2H6/c1-4-8-9(7(2)3)11-6-5-10-8;1-2/h5-7H,4H2,1-3H3;1-2H3. The molecular weight excluding hydrogens is 160 g/mol. The molecule has 2 heteroatoms. The quantitative estimate of drug-likeness (QED) is 0.698. The summed E-state index contributed by atoms with van der Waals surface area (Å²) in [7, 11) is 0. The lowest BCUT2D eigenvalue weighted by molar-refractivity contribution is 0.778. The highest BCUT2D eigenvalue weighted by molar-refractivity contribution is 5.13. The molecule has 0 aliphatic carbocycles. The predicted molar refractivity (Wildman–Crippen MR) is 56.8 cm³/mol. The Bertz CT molecular complexity index is 231. The van der Waals surface area contributed by atoms with Crippen molar-refractivity contribution in [2.75, 3.05) is 0 Å². The van der Waals surface area contributed by atoms with Crippen molar-refractivity contribution in [3.63, 3.8) is 0 Å². The van der Waals surface area contributed by atoms with Gasteiger partial charge in [0.2, 0.25) is 0 Å². The van der Waals surface area contributed by atoms with Gasteiger partial charge in [0.25, 0.3) is 0 Å². The van der Waals surface area contributed by atoms with E-state index in [9.17, 15) is 0 Å². The van der Waals surface area contributed by atoms with Crippen LogP contribution in [0.25, 0.3) is 0 Å². The van der Waals surface area contributed by atoms with Crippen LogP contribution in [0.15, 0.2) is 12.4 Å². The molecule has 0 saturated heterocycles. The van der Waals surface area contributed by atoms with Gasteiger partial charge in [-0.3, -0.25) is 9.97 Å².